The summed E-state index contributed by atoms with van der Waals surface area (Å²) in [6.45, 7) is 0. The molecule has 9 aromatic rings. The summed E-state index contributed by atoms with van der Waals surface area (Å²) in [5, 5.41) is 8.29. The van der Waals surface area contributed by atoms with Gasteiger partial charge in [-0.1, -0.05) is 91.0 Å². The van der Waals surface area contributed by atoms with Crippen molar-refractivity contribution in [2.24, 2.45) is 0 Å². The number of hydrogen-bond acceptors (Lipinski definition) is 0. The molecule has 2 aliphatic rings. The predicted octanol–water partition coefficient (Wildman–Crippen LogP) is 9.98. The molecule has 0 aliphatic heterocycles. The Balaban J connectivity index is 1.22. The molecule has 11 rings (SSSR count). The van der Waals surface area contributed by atoms with Crippen molar-refractivity contribution < 1.29 is 0 Å². The lowest BCUT2D eigenvalue weighted by atomic mass is 9.94. The van der Waals surface area contributed by atoms with E-state index in [1.54, 1.807) is 0 Å². The number of fused-ring (bicyclic) bond motifs is 12. The quantitative estimate of drug-likeness (QED) is 0.199. The molecule has 0 saturated carbocycles. The van der Waals surface area contributed by atoms with Crippen molar-refractivity contribution in [3.8, 4) is 22.3 Å². The van der Waals surface area contributed by atoms with Gasteiger partial charge in [0, 0.05) is 37.8 Å². The highest BCUT2D eigenvalue weighted by Gasteiger charge is 2.25. The fourth-order valence-electron chi connectivity index (χ4n) is 8.72. The van der Waals surface area contributed by atoms with E-state index >= 15 is 0 Å². The normalized spacial score (nSPS) is 14.5. The van der Waals surface area contributed by atoms with Gasteiger partial charge in [0.05, 0.1) is 27.6 Å². The highest BCUT2D eigenvalue weighted by Crippen LogP contribution is 2.45. The maximum absolute atomic E-state index is 2.56. The average Bonchev–Trinajstić information content (AvgIpc) is 3.81. The second-order valence-corrected chi connectivity index (χ2v) is 12.7. The molecule has 2 heteroatoms. The molecule has 0 bridgehead atoms. The zero-order valence-electron chi connectivity index (χ0n) is 24.3. The monoisotopic (exact) mass is 560 g/mol. The van der Waals surface area contributed by atoms with E-state index in [-0.39, 0.29) is 0 Å². The standard InChI is InChI=1S/C42H28N2/c1-2-9-25(10-3-1)26-18-22-38-35(23-26)32-14-8-13-31-30-19-17-27(24-39(30)44(38)41(31)32)28-20-21-33-29-11-4-6-15-36(29)43-37-16-7-5-12-34(37)40(28)42(33)43/h1-3,5-7,9-10,12-13,15-24H,4,8,11,14H2. The van der Waals surface area contributed by atoms with Crippen molar-refractivity contribution in [2.45, 2.75) is 25.7 Å². The number of allylic oxidation sites excluding steroid dienone is 1. The van der Waals surface area contributed by atoms with Gasteiger partial charge in [0.1, 0.15) is 0 Å². The lowest BCUT2D eigenvalue weighted by Crippen LogP contribution is -2.05. The zero-order chi connectivity index (χ0) is 28.5. The molecule has 0 radical (unpaired) electrons. The van der Waals surface area contributed by atoms with Crippen molar-refractivity contribution in [1.82, 2.24) is 8.80 Å². The maximum atomic E-state index is 2.56. The lowest BCUT2D eigenvalue weighted by Gasteiger charge is -2.09. The van der Waals surface area contributed by atoms with Crippen molar-refractivity contribution in [1.29, 1.82) is 0 Å². The van der Waals surface area contributed by atoms with Crippen LogP contribution in [0.4, 0.5) is 0 Å². The third kappa shape index (κ3) is 2.77. The van der Waals surface area contributed by atoms with Crippen molar-refractivity contribution in [3.63, 3.8) is 0 Å². The molecular formula is C42H28N2. The van der Waals surface area contributed by atoms with Crippen LogP contribution < -0.4 is 5.22 Å². The molecule has 4 aromatic heterocycles. The molecule has 0 fully saturated rings. The molecule has 0 atom stereocenters. The van der Waals surface area contributed by atoms with E-state index in [1.807, 2.05) is 0 Å². The van der Waals surface area contributed by atoms with E-state index in [0.29, 0.717) is 0 Å². The lowest BCUT2D eigenvalue weighted by molar-refractivity contribution is 0.984. The van der Waals surface area contributed by atoms with Crippen LogP contribution in [0, 0.1) is 0 Å². The fraction of sp³-hybridized carbons (Fsp3) is 0.0952. The number of hydrogen-bond donors (Lipinski definition) is 0. The number of para-hydroxylation sites is 1. The molecule has 0 spiro atoms. The maximum Gasteiger partial charge on any atom is 0.0623 e. The molecular weight excluding hydrogens is 532 g/mol. The Morgan fingerprint density at radius 3 is 2.27 bits per heavy atom. The molecule has 4 heterocycles. The number of nitrogens with zero attached hydrogens (tertiary/aromatic N) is 2. The molecule has 0 saturated heterocycles. The smallest absolute Gasteiger partial charge is 0.0623 e. The predicted molar refractivity (Wildman–Crippen MR) is 186 cm³/mol. The van der Waals surface area contributed by atoms with E-state index in [2.05, 4.69) is 130 Å². The molecule has 2 aliphatic carbocycles. The van der Waals surface area contributed by atoms with Gasteiger partial charge in [0.15, 0.2) is 0 Å². The Labute approximate surface area is 254 Å². The topological polar surface area (TPSA) is 8.82 Å². The second-order valence-electron chi connectivity index (χ2n) is 12.7. The minimum atomic E-state index is 1.09. The van der Waals surface area contributed by atoms with Crippen LogP contribution in [0.1, 0.15) is 29.7 Å². The number of aromatic nitrogens is 2. The second kappa shape index (κ2) is 8.18. The van der Waals surface area contributed by atoms with Crippen LogP contribution >= 0.6 is 0 Å². The summed E-state index contributed by atoms with van der Waals surface area (Å²) in [5.74, 6) is 0. The number of benzene rings is 5. The molecule has 0 amide bonds. The van der Waals surface area contributed by atoms with Gasteiger partial charge in [-0.3, -0.25) is 0 Å². The molecule has 44 heavy (non-hydrogen) atoms. The fourth-order valence-corrected chi connectivity index (χ4v) is 8.72. The van der Waals surface area contributed by atoms with E-state index < -0.39 is 0 Å². The van der Waals surface area contributed by atoms with Crippen LogP contribution in [0.5, 0.6) is 0 Å². The van der Waals surface area contributed by atoms with Gasteiger partial charge in [-0.25, -0.2) is 0 Å². The Kier molecular flexibility index (Phi) is 4.31. The largest absolute Gasteiger partial charge is 0.308 e. The van der Waals surface area contributed by atoms with Crippen LogP contribution in [-0.2, 0) is 12.8 Å². The minimum absolute atomic E-state index is 1.09. The molecule has 0 unspecified atom stereocenters. The first-order valence-electron chi connectivity index (χ1n) is 15.9. The van der Waals surface area contributed by atoms with Crippen LogP contribution in [0.25, 0.3) is 88.9 Å². The van der Waals surface area contributed by atoms with Gasteiger partial charge >= 0.3 is 0 Å². The third-order valence-corrected chi connectivity index (χ3v) is 10.5. The van der Waals surface area contributed by atoms with Gasteiger partial charge in [0.25, 0.3) is 0 Å². The molecule has 5 aromatic carbocycles. The van der Waals surface area contributed by atoms with E-state index in [0.717, 1.165) is 25.7 Å². The van der Waals surface area contributed by atoms with E-state index in [1.165, 1.54) is 98.8 Å². The van der Waals surface area contributed by atoms with Gasteiger partial charge in [-0.2, -0.15) is 0 Å². The minimum Gasteiger partial charge on any atom is -0.308 e. The van der Waals surface area contributed by atoms with Gasteiger partial charge in [0.2, 0.25) is 0 Å². The Hall–Kier alpha value is -5.34. The summed E-state index contributed by atoms with van der Waals surface area (Å²) in [6, 6.07) is 38.8. The van der Waals surface area contributed by atoms with Crippen LogP contribution in [0.15, 0.2) is 109 Å². The van der Waals surface area contributed by atoms with Crippen molar-refractivity contribution in [3.05, 3.63) is 131 Å². The summed E-state index contributed by atoms with van der Waals surface area (Å²) >= 11 is 0. The highest BCUT2D eigenvalue weighted by atomic mass is 14.9. The van der Waals surface area contributed by atoms with Crippen LogP contribution in [0.3, 0.4) is 0 Å². The highest BCUT2D eigenvalue weighted by molar-refractivity contribution is 6.22. The van der Waals surface area contributed by atoms with E-state index in [9.17, 15) is 0 Å². The van der Waals surface area contributed by atoms with Crippen LogP contribution in [-0.4, -0.2) is 8.80 Å². The van der Waals surface area contributed by atoms with Gasteiger partial charge in [-0.15, -0.1) is 0 Å². The summed E-state index contributed by atoms with van der Waals surface area (Å²) < 4.78 is 5.08. The van der Waals surface area contributed by atoms with Crippen LogP contribution in [0.2, 0.25) is 0 Å². The summed E-state index contributed by atoms with van der Waals surface area (Å²) in [5.41, 5.74) is 16.3. The Bertz CT molecular complexity index is 2750. The van der Waals surface area contributed by atoms with E-state index in [4.69, 9.17) is 0 Å². The first kappa shape index (κ1) is 23.2. The number of rotatable bonds is 2. The molecule has 2 nitrogen and oxygen atoms in total. The third-order valence-electron chi connectivity index (χ3n) is 10.5. The van der Waals surface area contributed by atoms with Gasteiger partial charge < -0.3 is 8.80 Å². The SMILES string of the molecule is C1=Cc2c(c3ccc(-c4ccc5c6c7c(c8cc(-c9ccccc9)ccc8n7c5c4)CCC=6)c4c5ccccc5n2c34)CC1. The summed E-state index contributed by atoms with van der Waals surface area (Å²) in [7, 11) is 0. The first-order chi connectivity index (χ1) is 21.8. The molecule has 0 N–H and O–H groups in total. The Morgan fingerprint density at radius 1 is 0.500 bits per heavy atom. The average molecular weight is 561 g/mol. The molecule has 206 valence electrons. The van der Waals surface area contributed by atoms with Crippen molar-refractivity contribution in [2.75, 3.05) is 0 Å². The summed E-state index contributed by atoms with van der Waals surface area (Å²) in [4.78, 5) is 0. The summed E-state index contributed by atoms with van der Waals surface area (Å²) in [6.07, 6.45) is 11.6. The first-order valence-corrected chi connectivity index (χ1v) is 15.9. The Morgan fingerprint density at radius 2 is 1.32 bits per heavy atom. The zero-order valence-corrected chi connectivity index (χ0v) is 24.3. The number of aryl methyl sites for hydroxylation is 2. The van der Waals surface area contributed by atoms with Gasteiger partial charge in [-0.05, 0) is 89.4 Å². The van der Waals surface area contributed by atoms with Crippen molar-refractivity contribution >= 4 is 66.7 Å².